The van der Waals surface area contributed by atoms with E-state index in [0.717, 1.165) is 20.7 Å². The molecule has 1 aromatic carbocycles. The fourth-order valence-electron chi connectivity index (χ4n) is 4.07. The van der Waals surface area contributed by atoms with E-state index in [1.807, 2.05) is 54.1 Å². The molecule has 0 bridgehead atoms. The molecule has 1 aliphatic rings. The highest BCUT2D eigenvalue weighted by atomic mass is 32.1. The van der Waals surface area contributed by atoms with Gasteiger partial charge in [-0.05, 0) is 50.8 Å². The number of aryl methyl sites for hydroxylation is 1. The number of fused-ring (bicyclic) bond motifs is 1. The Morgan fingerprint density at radius 3 is 2.60 bits per heavy atom. The predicted molar refractivity (Wildman–Crippen MR) is 119 cm³/mol. The monoisotopic (exact) mass is 420 g/mol. The fourth-order valence-corrected chi connectivity index (χ4v) is 5.14. The smallest absolute Gasteiger partial charge is 0.306 e. The highest BCUT2D eigenvalue weighted by Gasteiger charge is 2.28. The van der Waals surface area contributed by atoms with Gasteiger partial charge in [-0.3, -0.25) is 9.59 Å². The molecular formula is C24H24N2O3S. The molecule has 0 aliphatic heterocycles. The second-order valence-corrected chi connectivity index (χ2v) is 8.97. The second-order valence-electron chi connectivity index (χ2n) is 7.72. The standard InChI is InChI=1S/C24H24N2O3S/c1-16-21(23(27)25-19-11-9-18(10-12-19)24(28)29)22-20(30-16)13-15-26(22)14-5-8-17-6-3-2-4-7-17/h2-4,6-7,13,15,18-19H,9-12,14H2,1H3,(H,25,27)(H,28,29). The van der Waals surface area contributed by atoms with Crippen LogP contribution in [0.1, 0.15) is 46.5 Å². The van der Waals surface area contributed by atoms with Crippen LogP contribution < -0.4 is 5.32 Å². The lowest BCUT2D eigenvalue weighted by molar-refractivity contribution is -0.142. The van der Waals surface area contributed by atoms with Crippen LogP contribution in [0.15, 0.2) is 42.6 Å². The van der Waals surface area contributed by atoms with E-state index < -0.39 is 5.97 Å². The first-order chi connectivity index (χ1) is 14.5. The number of carboxylic acids is 1. The Morgan fingerprint density at radius 2 is 1.90 bits per heavy atom. The van der Waals surface area contributed by atoms with Crippen molar-refractivity contribution < 1.29 is 14.7 Å². The molecule has 0 unspecified atom stereocenters. The number of carbonyl (C=O) groups excluding carboxylic acids is 1. The quantitative estimate of drug-likeness (QED) is 0.613. The highest BCUT2D eigenvalue weighted by Crippen LogP contribution is 2.32. The van der Waals surface area contributed by atoms with Crippen molar-refractivity contribution in [3.8, 4) is 11.8 Å². The minimum Gasteiger partial charge on any atom is -0.481 e. The summed E-state index contributed by atoms with van der Waals surface area (Å²) in [5.74, 6) is 5.27. The molecule has 0 spiro atoms. The molecule has 0 radical (unpaired) electrons. The van der Waals surface area contributed by atoms with Gasteiger partial charge in [0.2, 0.25) is 0 Å². The van der Waals surface area contributed by atoms with Crippen LogP contribution in [0.2, 0.25) is 0 Å². The summed E-state index contributed by atoms with van der Waals surface area (Å²) in [6.07, 6.45) is 4.62. The molecule has 1 fully saturated rings. The van der Waals surface area contributed by atoms with Crippen LogP contribution in [0.25, 0.3) is 10.2 Å². The number of thiophene rings is 1. The van der Waals surface area contributed by atoms with Gasteiger partial charge in [-0.1, -0.05) is 30.0 Å². The molecule has 4 rings (SSSR count). The minimum absolute atomic E-state index is 0.0312. The van der Waals surface area contributed by atoms with Gasteiger partial charge in [0.1, 0.15) is 0 Å². The van der Waals surface area contributed by atoms with Crippen LogP contribution in [-0.4, -0.2) is 27.6 Å². The fraction of sp³-hybridized carbons (Fsp3) is 0.333. The number of hydrogen-bond donors (Lipinski definition) is 2. The van der Waals surface area contributed by atoms with Crippen molar-refractivity contribution in [2.75, 3.05) is 0 Å². The van der Waals surface area contributed by atoms with Gasteiger partial charge in [-0.2, -0.15) is 0 Å². The average Bonchev–Trinajstić information content (AvgIpc) is 3.27. The number of rotatable bonds is 4. The van der Waals surface area contributed by atoms with Crippen LogP contribution in [0, 0.1) is 24.7 Å². The number of nitrogens with zero attached hydrogens (tertiary/aromatic N) is 1. The lowest BCUT2D eigenvalue weighted by Gasteiger charge is -2.26. The van der Waals surface area contributed by atoms with Crippen molar-refractivity contribution >= 4 is 33.4 Å². The summed E-state index contributed by atoms with van der Waals surface area (Å²) in [6.45, 7) is 2.49. The highest BCUT2D eigenvalue weighted by molar-refractivity contribution is 7.19. The number of nitrogens with one attached hydrogen (secondary N) is 1. The Morgan fingerprint density at radius 1 is 1.17 bits per heavy atom. The van der Waals surface area contributed by atoms with Crippen molar-refractivity contribution in [1.29, 1.82) is 0 Å². The van der Waals surface area contributed by atoms with Gasteiger partial charge in [0.25, 0.3) is 5.91 Å². The van der Waals surface area contributed by atoms with Crippen molar-refractivity contribution in [1.82, 2.24) is 9.88 Å². The van der Waals surface area contributed by atoms with Crippen LogP contribution in [0.5, 0.6) is 0 Å². The second kappa shape index (κ2) is 8.76. The average molecular weight is 421 g/mol. The molecule has 0 saturated heterocycles. The van der Waals surface area contributed by atoms with Gasteiger partial charge in [0, 0.05) is 22.7 Å². The summed E-state index contributed by atoms with van der Waals surface area (Å²) >= 11 is 1.62. The van der Waals surface area contributed by atoms with E-state index in [4.69, 9.17) is 5.11 Å². The largest absolute Gasteiger partial charge is 0.481 e. The van der Waals surface area contributed by atoms with Crippen molar-refractivity contribution in [2.24, 2.45) is 5.92 Å². The maximum absolute atomic E-state index is 13.1. The summed E-state index contributed by atoms with van der Waals surface area (Å²) in [4.78, 5) is 25.2. The molecule has 6 heteroatoms. The first-order valence-electron chi connectivity index (χ1n) is 10.2. The molecular weight excluding hydrogens is 396 g/mol. The third kappa shape index (κ3) is 4.27. The normalized spacial score (nSPS) is 18.6. The number of benzene rings is 1. The van der Waals surface area contributed by atoms with Crippen LogP contribution >= 0.6 is 11.3 Å². The van der Waals surface area contributed by atoms with Gasteiger partial charge in [-0.25, -0.2) is 0 Å². The number of hydrogen-bond acceptors (Lipinski definition) is 3. The number of carboxylic acid groups (broad SMARTS) is 1. The third-order valence-electron chi connectivity index (χ3n) is 5.67. The molecule has 1 aliphatic carbocycles. The Labute approximate surface area is 179 Å². The first-order valence-corrected chi connectivity index (χ1v) is 11.0. The zero-order valence-electron chi connectivity index (χ0n) is 16.9. The van der Waals surface area contributed by atoms with Crippen LogP contribution in [-0.2, 0) is 11.3 Å². The van der Waals surface area contributed by atoms with Gasteiger partial charge in [-0.15, -0.1) is 11.3 Å². The lowest BCUT2D eigenvalue weighted by Crippen LogP contribution is -2.39. The van der Waals surface area contributed by atoms with E-state index in [9.17, 15) is 9.59 Å². The van der Waals surface area contributed by atoms with E-state index in [0.29, 0.717) is 37.8 Å². The summed E-state index contributed by atoms with van der Waals surface area (Å²) in [5.41, 5.74) is 2.61. The molecule has 0 atom stereocenters. The van der Waals surface area contributed by atoms with E-state index in [1.165, 1.54) is 0 Å². The summed E-state index contributed by atoms with van der Waals surface area (Å²) < 4.78 is 3.11. The Bertz CT molecular complexity index is 1130. The number of aromatic nitrogens is 1. The van der Waals surface area contributed by atoms with Crippen molar-refractivity contribution in [3.05, 3.63) is 58.6 Å². The summed E-state index contributed by atoms with van der Waals surface area (Å²) in [5, 5.41) is 12.3. The van der Waals surface area contributed by atoms with E-state index in [2.05, 4.69) is 17.2 Å². The Balaban J connectivity index is 1.51. The molecule has 154 valence electrons. The molecule has 2 N–H and O–H groups in total. The third-order valence-corrected chi connectivity index (χ3v) is 6.73. The summed E-state index contributed by atoms with van der Waals surface area (Å²) in [7, 11) is 0. The molecule has 5 nitrogen and oxygen atoms in total. The van der Waals surface area contributed by atoms with E-state index in [1.54, 1.807) is 11.3 Å². The molecule has 2 heterocycles. The van der Waals surface area contributed by atoms with E-state index in [-0.39, 0.29) is 17.9 Å². The van der Waals surface area contributed by atoms with Gasteiger partial charge < -0.3 is 15.0 Å². The number of aliphatic carboxylic acids is 1. The minimum atomic E-state index is -0.732. The zero-order chi connectivity index (χ0) is 21.1. The molecule has 2 aromatic heterocycles. The number of carbonyl (C=O) groups is 2. The van der Waals surface area contributed by atoms with Crippen LogP contribution in [0.3, 0.4) is 0 Å². The van der Waals surface area contributed by atoms with Gasteiger partial charge >= 0.3 is 5.97 Å². The van der Waals surface area contributed by atoms with Gasteiger partial charge in [0.05, 0.1) is 28.2 Å². The summed E-state index contributed by atoms with van der Waals surface area (Å²) in [6, 6.07) is 11.9. The molecule has 3 aromatic rings. The SMILES string of the molecule is Cc1sc2ccn(CC#Cc3ccccc3)c2c1C(=O)NC1CCC(C(=O)O)CC1. The topological polar surface area (TPSA) is 71.3 Å². The van der Waals surface area contributed by atoms with Crippen molar-refractivity contribution in [3.63, 3.8) is 0 Å². The van der Waals surface area contributed by atoms with Crippen molar-refractivity contribution in [2.45, 2.75) is 45.2 Å². The maximum Gasteiger partial charge on any atom is 0.306 e. The molecule has 1 saturated carbocycles. The zero-order valence-corrected chi connectivity index (χ0v) is 17.7. The number of amides is 1. The molecule has 1 amide bonds. The molecule has 30 heavy (non-hydrogen) atoms. The maximum atomic E-state index is 13.1. The predicted octanol–water partition coefficient (Wildman–Crippen LogP) is 4.44. The van der Waals surface area contributed by atoms with Gasteiger partial charge in [0.15, 0.2) is 0 Å². The van der Waals surface area contributed by atoms with E-state index >= 15 is 0 Å². The Hall–Kier alpha value is -3.04. The first kappa shape index (κ1) is 20.2. The van der Waals surface area contributed by atoms with Crippen LogP contribution in [0.4, 0.5) is 0 Å². The lowest BCUT2D eigenvalue weighted by atomic mass is 9.86. The Kier molecular flexibility index (Phi) is 5.91.